The fourth-order valence-electron chi connectivity index (χ4n) is 2.44. The number of halogens is 3. The third-order valence-corrected chi connectivity index (χ3v) is 3.85. The molecule has 0 aliphatic rings. The summed E-state index contributed by atoms with van der Waals surface area (Å²) in [6.45, 7) is 1.85. The van der Waals surface area contributed by atoms with E-state index in [1.807, 2.05) is 25.1 Å². The average molecular weight is 350 g/mol. The third-order valence-electron chi connectivity index (χ3n) is 3.39. The molecule has 1 aromatic heterocycles. The van der Waals surface area contributed by atoms with Crippen molar-refractivity contribution in [2.45, 2.75) is 6.92 Å². The summed E-state index contributed by atoms with van der Waals surface area (Å²) < 4.78 is 28.2. The molecule has 0 fully saturated rings. The standard InChI is InChI=1S/C16H10BrF2NO/c1-8-3-2-4-13-14(8)10(7-20-13)16(21)15-11(18)5-9(17)6-12(15)19/h2-7,20H,1H3. The van der Waals surface area contributed by atoms with E-state index in [2.05, 4.69) is 20.9 Å². The molecule has 21 heavy (non-hydrogen) atoms. The van der Waals surface area contributed by atoms with Gasteiger partial charge in [-0.25, -0.2) is 8.78 Å². The van der Waals surface area contributed by atoms with E-state index in [-0.39, 0.29) is 10.0 Å². The molecule has 1 heterocycles. The van der Waals surface area contributed by atoms with Crippen molar-refractivity contribution in [2.75, 3.05) is 0 Å². The maximum absolute atomic E-state index is 14.0. The first kappa shape index (κ1) is 13.9. The monoisotopic (exact) mass is 349 g/mol. The van der Waals surface area contributed by atoms with Crippen molar-refractivity contribution in [3.8, 4) is 0 Å². The molecule has 0 atom stereocenters. The predicted molar refractivity (Wildman–Crippen MR) is 80.5 cm³/mol. The minimum atomic E-state index is -0.880. The highest BCUT2D eigenvalue weighted by Gasteiger charge is 2.22. The summed E-state index contributed by atoms with van der Waals surface area (Å²) in [5.41, 5.74) is 1.36. The number of nitrogens with one attached hydrogen (secondary N) is 1. The number of aromatic nitrogens is 1. The summed E-state index contributed by atoms with van der Waals surface area (Å²) in [7, 11) is 0. The van der Waals surface area contributed by atoms with Gasteiger partial charge in [0.25, 0.3) is 0 Å². The first-order valence-corrected chi connectivity index (χ1v) is 7.04. The zero-order chi connectivity index (χ0) is 15.1. The van der Waals surface area contributed by atoms with Crippen LogP contribution in [-0.4, -0.2) is 10.8 Å². The topological polar surface area (TPSA) is 32.9 Å². The van der Waals surface area contributed by atoms with Crippen LogP contribution in [0.3, 0.4) is 0 Å². The van der Waals surface area contributed by atoms with Crippen molar-refractivity contribution in [1.82, 2.24) is 4.98 Å². The van der Waals surface area contributed by atoms with E-state index >= 15 is 0 Å². The first-order chi connectivity index (χ1) is 9.99. The van der Waals surface area contributed by atoms with E-state index in [1.165, 1.54) is 6.20 Å². The Kier molecular flexibility index (Phi) is 3.37. The van der Waals surface area contributed by atoms with Crippen LogP contribution in [0.15, 0.2) is 41.0 Å². The summed E-state index contributed by atoms with van der Waals surface area (Å²) in [5.74, 6) is -2.43. The second-order valence-electron chi connectivity index (χ2n) is 4.77. The van der Waals surface area contributed by atoms with E-state index in [0.717, 1.165) is 23.2 Å². The maximum atomic E-state index is 14.0. The molecule has 0 saturated carbocycles. The average Bonchev–Trinajstić information content (AvgIpc) is 2.82. The van der Waals surface area contributed by atoms with Gasteiger partial charge in [0, 0.05) is 27.1 Å². The van der Waals surface area contributed by atoms with Gasteiger partial charge in [-0.3, -0.25) is 4.79 Å². The lowest BCUT2D eigenvalue weighted by Crippen LogP contribution is -2.07. The molecule has 0 amide bonds. The number of hydrogen-bond acceptors (Lipinski definition) is 1. The molecule has 0 aliphatic carbocycles. The van der Waals surface area contributed by atoms with Gasteiger partial charge < -0.3 is 4.98 Å². The molecule has 0 aliphatic heterocycles. The molecule has 106 valence electrons. The number of aromatic amines is 1. The molecule has 5 heteroatoms. The number of carbonyl (C=O) groups is 1. The Hall–Kier alpha value is -2.01. The van der Waals surface area contributed by atoms with Gasteiger partial charge in [-0.1, -0.05) is 28.1 Å². The van der Waals surface area contributed by atoms with Crippen molar-refractivity contribution >= 4 is 32.6 Å². The number of benzene rings is 2. The van der Waals surface area contributed by atoms with E-state index in [4.69, 9.17) is 0 Å². The molecular formula is C16H10BrF2NO. The first-order valence-electron chi connectivity index (χ1n) is 6.25. The Morgan fingerprint density at radius 2 is 1.86 bits per heavy atom. The Bertz CT molecular complexity index is 847. The van der Waals surface area contributed by atoms with Crippen LogP contribution in [-0.2, 0) is 0 Å². The fourth-order valence-corrected chi connectivity index (χ4v) is 2.84. The fraction of sp³-hybridized carbons (Fsp3) is 0.0625. The van der Waals surface area contributed by atoms with Gasteiger partial charge >= 0.3 is 0 Å². The Morgan fingerprint density at radius 1 is 1.19 bits per heavy atom. The van der Waals surface area contributed by atoms with Crippen LogP contribution in [0.5, 0.6) is 0 Å². The summed E-state index contributed by atoms with van der Waals surface area (Å²) in [6, 6.07) is 7.67. The molecule has 2 nitrogen and oxygen atoms in total. The summed E-state index contributed by atoms with van der Waals surface area (Å²) >= 11 is 3.00. The number of carbonyl (C=O) groups excluding carboxylic acids is 1. The minimum Gasteiger partial charge on any atom is -0.360 e. The molecular weight excluding hydrogens is 340 g/mol. The van der Waals surface area contributed by atoms with Crippen molar-refractivity contribution in [2.24, 2.45) is 0 Å². The van der Waals surface area contributed by atoms with Crippen molar-refractivity contribution < 1.29 is 13.6 Å². The number of fused-ring (bicyclic) bond motifs is 1. The quantitative estimate of drug-likeness (QED) is 0.665. The highest BCUT2D eigenvalue weighted by molar-refractivity contribution is 9.10. The number of rotatable bonds is 2. The highest BCUT2D eigenvalue weighted by atomic mass is 79.9. The molecule has 0 bridgehead atoms. The number of ketones is 1. The summed E-state index contributed by atoms with van der Waals surface area (Å²) in [4.78, 5) is 15.5. The lowest BCUT2D eigenvalue weighted by molar-refractivity contribution is 0.103. The largest absolute Gasteiger partial charge is 0.360 e. The summed E-state index contributed by atoms with van der Waals surface area (Å²) in [5, 5.41) is 0.684. The van der Waals surface area contributed by atoms with Gasteiger partial charge in [0.15, 0.2) is 0 Å². The number of H-pyrrole nitrogens is 1. The van der Waals surface area contributed by atoms with Crippen LogP contribution < -0.4 is 0 Å². The van der Waals surface area contributed by atoms with Gasteiger partial charge in [-0.15, -0.1) is 0 Å². The normalized spacial score (nSPS) is 11.0. The van der Waals surface area contributed by atoms with E-state index in [9.17, 15) is 13.6 Å². The molecule has 0 unspecified atom stereocenters. The Labute approximate surface area is 127 Å². The van der Waals surface area contributed by atoms with Gasteiger partial charge in [0.1, 0.15) is 11.6 Å². The van der Waals surface area contributed by atoms with Crippen LogP contribution in [0.2, 0.25) is 0 Å². The van der Waals surface area contributed by atoms with Gasteiger partial charge in [-0.05, 0) is 30.7 Å². The van der Waals surface area contributed by atoms with Gasteiger partial charge in [-0.2, -0.15) is 0 Å². The Balaban J connectivity index is 2.23. The molecule has 3 aromatic rings. The molecule has 0 spiro atoms. The number of aryl methyl sites for hydroxylation is 1. The van der Waals surface area contributed by atoms with Gasteiger partial charge in [0.2, 0.25) is 5.78 Å². The predicted octanol–water partition coefficient (Wildman–Crippen LogP) is 4.75. The lowest BCUT2D eigenvalue weighted by atomic mass is 9.99. The van der Waals surface area contributed by atoms with E-state index < -0.39 is 23.0 Å². The number of hydrogen-bond donors (Lipinski definition) is 1. The van der Waals surface area contributed by atoms with Crippen LogP contribution in [0.25, 0.3) is 10.9 Å². The van der Waals surface area contributed by atoms with Crippen LogP contribution in [0.1, 0.15) is 21.5 Å². The van der Waals surface area contributed by atoms with Crippen molar-refractivity contribution in [1.29, 1.82) is 0 Å². The van der Waals surface area contributed by atoms with E-state index in [1.54, 1.807) is 0 Å². The van der Waals surface area contributed by atoms with Crippen LogP contribution in [0, 0.1) is 18.6 Å². The van der Waals surface area contributed by atoms with Crippen LogP contribution >= 0.6 is 15.9 Å². The zero-order valence-corrected chi connectivity index (χ0v) is 12.6. The molecule has 0 saturated heterocycles. The molecule has 1 N–H and O–H groups in total. The summed E-state index contributed by atoms with van der Waals surface area (Å²) in [6.07, 6.45) is 1.49. The zero-order valence-electron chi connectivity index (χ0n) is 11.0. The molecule has 2 aromatic carbocycles. The lowest BCUT2D eigenvalue weighted by Gasteiger charge is -2.05. The molecule has 3 rings (SSSR count). The minimum absolute atomic E-state index is 0.254. The second-order valence-corrected chi connectivity index (χ2v) is 5.69. The van der Waals surface area contributed by atoms with Crippen molar-refractivity contribution in [3.63, 3.8) is 0 Å². The third kappa shape index (κ3) is 2.27. The second kappa shape index (κ2) is 5.07. The maximum Gasteiger partial charge on any atom is 0.201 e. The Morgan fingerprint density at radius 3 is 2.52 bits per heavy atom. The SMILES string of the molecule is Cc1cccc2[nH]cc(C(=O)c3c(F)cc(Br)cc3F)c12. The smallest absolute Gasteiger partial charge is 0.201 e. The highest BCUT2D eigenvalue weighted by Crippen LogP contribution is 2.27. The van der Waals surface area contributed by atoms with Gasteiger partial charge in [0.05, 0.1) is 5.56 Å². The van der Waals surface area contributed by atoms with Crippen LogP contribution in [0.4, 0.5) is 8.78 Å². The molecule has 0 radical (unpaired) electrons. The van der Waals surface area contributed by atoms with Crippen molar-refractivity contribution in [3.05, 3.63) is 69.3 Å². The van der Waals surface area contributed by atoms with E-state index in [0.29, 0.717) is 5.39 Å².